The first kappa shape index (κ1) is 16.7. The van der Waals surface area contributed by atoms with Crippen LogP contribution in [0.25, 0.3) is 0 Å². The predicted molar refractivity (Wildman–Crippen MR) is 83.2 cm³/mol. The van der Waals surface area contributed by atoms with Crippen LogP contribution in [0.3, 0.4) is 0 Å². The van der Waals surface area contributed by atoms with Crippen LogP contribution in [0.5, 0.6) is 0 Å². The second kappa shape index (κ2) is 5.96. The number of nitrogens with zero attached hydrogens (tertiary/aromatic N) is 1. The van der Waals surface area contributed by atoms with Crippen molar-refractivity contribution < 1.29 is 9.90 Å². The van der Waals surface area contributed by atoms with E-state index in [9.17, 15) is 9.90 Å². The van der Waals surface area contributed by atoms with Crippen molar-refractivity contribution in [3.05, 3.63) is 34.4 Å². The van der Waals surface area contributed by atoms with Gasteiger partial charge in [-0.05, 0) is 65.2 Å². The summed E-state index contributed by atoms with van der Waals surface area (Å²) in [7, 11) is 0. The molecule has 0 radical (unpaired) electrons. The summed E-state index contributed by atoms with van der Waals surface area (Å²) in [6.07, 6.45) is 0. The Balaban J connectivity index is 3.26. The fourth-order valence-corrected chi connectivity index (χ4v) is 3.11. The van der Waals surface area contributed by atoms with Crippen molar-refractivity contribution in [3.8, 4) is 0 Å². The summed E-state index contributed by atoms with van der Waals surface area (Å²) in [5, 5.41) is 9.18. The minimum atomic E-state index is -0.783. The maximum Gasteiger partial charge on any atom is 0.317 e. The number of carboxylic acids is 1. The van der Waals surface area contributed by atoms with Gasteiger partial charge >= 0.3 is 5.97 Å². The summed E-state index contributed by atoms with van der Waals surface area (Å²) in [6, 6.07) is 4.41. The molecule has 0 aliphatic rings. The zero-order chi connectivity index (χ0) is 15.7. The first-order chi connectivity index (χ1) is 9.04. The topological polar surface area (TPSA) is 40.5 Å². The van der Waals surface area contributed by atoms with Gasteiger partial charge in [0.25, 0.3) is 0 Å². The summed E-state index contributed by atoms with van der Waals surface area (Å²) in [5.74, 6) is -0.783. The maximum atomic E-state index is 11.2. The molecule has 3 nitrogen and oxygen atoms in total. The Bertz CT molecular complexity index is 477. The fraction of sp³-hybridized carbons (Fsp3) is 0.588. The maximum absolute atomic E-state index is 11.2. The molecule has 0 bridgehead atoms. The molecule has 1 aromatic rings. The molecule has 0 amide bonds. The van der Waals surface area contributed by atoms with Crippen molar-refractivity contribution >= 4 is 5.97 Å². The molecular weight excluding hydrogens is 250 g/mol. The van der Waals surface area contributed by atoms with Crippen LogP contribution >= 0.6 is 0 Å². The van der Waals surface area contributed by atoms with Gasteiger partial charge in [0.15, 0.2) is 0 Å². The van der Waals surface area contributed by atoms with Crippen LogP contribution in [-0.2, 0) is 4.79 Å². The van der Waals surface area contributed by atoms with Crippen LogP contribution in [0.4, 0.5) is 0 Å². The summed E-state index contributed by atoms with van der Waals surface area (Å²) in [6.45, 7) is 14.6. The van der Waals surface area contributed by atoms with E-state index < -0.39 is 5.97 Å². The highest BCUT2D eigenvalue weighted by molar-refractivity contribution is 5.69. The van der Waals surface area contributed by atoms with E-state index in [2.05, 4.69) is 60.6 Å². The van der Waals surface area contributed by atoms with Crippen LogP contribution in [0.15, 0.2) is 12.1 Å². The average molecular weight is 277 g/mol. The summed E-state index contributed by atoms with van der Waals surface area (Å²) in [5.41, 5.74) is 4.76. The van der Waals surface area contributed by atoms with Gasteiger partial charge < -0.3 is 5.11 Å². The number of aryl methyl sites for hydroxylation is 3. The molecule has 0 aliphatic carbocycles. The number of hydrogen-bond donors (Lipinski definition) is 1. The molecule has 1 rings (SSSR count). The molecule has 0 saturated carbocycles. The Morgan fingerprint density at radius 2 is 1.65 bits per heavy atom. The number of hydrogen-bond acceptors (Lipinski definition) is 2. The molecule has 1 atom stereocenters. The van der Waals surface area contributed by atoms with Crippen molar-refractivity contribution in [2.75, 3.05) is 6.54 Å². The number of carboxylic acid groups (broad SMARTS) is 1. The van der Waals surface area contributed by atoms with Crippen LogP contribution in [-0.4, -0.2) is 28.1 Å². The minimum absolute atomic E-state index is 0.0530. The highest BCUT2D eigenvalue weighted by Crippen LogP contribution is 2.32. The molecule has 0 heterocycles. The molecule has 0 aromatic heterocycles. The molecule has 0 fully saturated rings. The van der Waals surface area contributed by atoms with Crippen LogP contribution in [0.1, 0.15) is 56.0 Å². The van der Waals surface area contributed by atoms with Gasteiger partial charge in [-0.25, -0.2) is 0 Å². The third-order valence-electron chi connectivity index (χ3n) is 3.79. The molecule has 112 valence electrons. The van der Waals surface area contributed by atoms with Crippen LogP contribution in [0.2, 0.25) is 0 Å². The van der Waals surface area contributed by atoms with Gasteiger partial charge in [-0.2, -0.15) is 0 Å². The Morgan fingerprint density at radius 3 is 2.00 bits per heavy atom. The average Bonchev–Trinajstić information content (AvgIpc) is 2.22. The number of aliphatic carboxylic acids is 1. The molecule has 1 unspecified atom stereocenters. The summed E-state index contributed by atoms with van der Waals surface area (Å²) < 4.78 is 0. The standard InChI is InChI=1S/C17H27NO2/c1-11-8-12(2)16(13(3)9-11)14(4)18(10-15(19)20)17(5,6)7/h8-9,14H,10H2,1-7H3,(H,19,20). The predicted octanol–water partition coefficient (Wildman–Crippen LogP) is 3.86. The van der Waals surface area contributed by atoms with E-state index >= 15 is 0 Å². The van der Waals surface area contributed by atoms with Crippen LogP contribution in [0, 0.1) is 20.8 Å². The molecule has 0 aliphatic heterocycles. The molecule has 1 aromatic carbocycles. The lowest BCUT2D eigenvalue weighted by Gasteiger charge is -2.40. The summed E-state index contributed by atoms with van der Waals surface area (Å²) in [4.78, 5) is 13.2. The van der Waals surface area contributed by atoms with Crippen molar-refractivity contribution in [2.24, 2.45) is 0 Å². The third kappa shape index (κ3) is 3.83. The monoisotopic (exact) mass is 277 g/mol. The van der Waals surface area contributed by atoms with Crippen molar-refractivity contribution in [2.45, 2.75) is 60.0 Å². The minimum Gasteiger partial charge on any atom is -0.480 e. The molecular formula is C17H27NO2. The van der Waals surface area contributed by atoms with Gasteiger partial charge in [0.05, 0.1) is 6.54 Å². The van der Waals surface area contributed by atoms with E-state index in [0.717, 1.165) is 0 Å². The van der Waals surface area contributed by atoms with Gasteiger partial charge in [0.1, 0.15) is 0 Å². The Kier molecular flexibility index (Phi) is 4.98. The Hall–Kier alpha value is -1.35. The van der Waals surface area contributed by atoms with E-state index in [1.54, 1.807) is 0 Å². The third-order valence-corrected chi connectivity index (χ3v) is 3.79. The van der Waals surface area contributed by atoms with Crippen molar-refractivity contribution in [1.82, 2.24) is 4.90 Å². The molecule has 3 heteroatoms. The number of benzene rings is 1. The quantitative estimate of drug-likeness (QED) is 0.908. The van der Waals surface area contributed by atoms with Crippen molar-refractivity contribution in [3.63, 3.8) is 0 Å². The first-order valence-corrected chi connectivity index (χ1v) is 7.10. The molecule has 0 spiro atoms. The lowest BCUT2D eigenvalue weighted by Crippen LogP contribution is -2.46. The van der Waals surface area contributed by atoms with Gasteiger partial charge in [0.2, 0.25) is 0 Å². The second-order valence-electron chi connectivity index (χ2n) is 6.68. The van der Waals surface area contributed by atoms with Crippen molar-refractivity contribution in [1.29, 1.82) is 0 Å². The number of carbonyl (C=O) groups is 1. The normalized spacial score (nSPS) is 13.6. The number of rotatable bonds is 4. The Morgan fingerprint density at radius 1 is 1.20 bits per heavy atom. The van der Waals surface area contributed by atoms with E-state index in [4.69, 9.17) is 0 Å². The highest BCUT2D eigenvalue weighted by atomic mass is 16.4. The largest absolute Gasteiger partial charge is 0.480 e. The van der Waals surface area contributed by atoms with Gasteiger partial charge in [-0.1, -0.05) is 17.7 Å². The van der Waals surface area contributed by atoms with Crippen LogP contribution < -0.4 is 0 Å². The highest BCUT2D eigenvalue weighted by Gasteiger charge is 2.30. The van der Waals surface area contributed by atoms with E-state index in [-0.39, 0.29) is 18.1 Å². The SMILES string of the molecule is Cc1cc(C)c(C(C)N(CC(=O)O)C(C)(C)C)c(C)c1. The molecule has 1 N–H and O–H groups in total. The Labute approximate surface area is 122 Å². The van der Waals surface area contributed by atoms with Gasteiger partial charge in [-0.15, -0.1) is 0 Å². The fourth-order valence-electron chi connectivity index (χ4n) is 3.11. The van der Waals surface area contributed by atoms with Gasteiger partial charge in [0, 0.05) is 11.6 Å². The van der Waals surface area contributed by atoms with E-state index in [1.165, 1.54) is 22.3 Å². The van der Waals surface area contributed by atoms with Gasteiger partial charge in [-0.3, -0.25) is 9.69 Å². The van der Waals surface area contributed by atoms with E-state index in [0.29, 0.717) is 0 Å². The van der Waals surface area contributed by atoms with E-state index in [1.807, 2.05) is 4.90 Å². The first-order valence-electron chi connectivity index (χ1n) is 7.10. The molecule has 20 heavy (non-hydrogen) atoms. The smallest absolute Gasteiger partial charge is 0.317 e. The lowest BCUT2D eigenvalue weighted by atomic mass is 9.91. The second-order valence-corrected chi connectivity index (χ2v) is 6.68. The zero-order valence-corrected chi connectivity index (χ0v) is 13.7. The summed E-state index contributed by atoms with van der Waals surface area (Å²) >= 11 is 0. The lowest BCUT2D eigenvalue weighted by molar-refractivity contribution is -0.140. The molecule has 0 saturated heterocycles. The zero-order valence-electron chi connectivity index (χ0n) is 13.7.